The minimum absolute atomic E-state index is 0.121. The van der Waals surface area contributed by atoms with Gasteiger partial charge in [-0.1, -0.05) is 108 Å². The molecule has 0 fully saturated rings. The number of alkyl halides is 4. The van der Waals surface area contributed by atoms with Crippen LogP contribution in [-0.2, 0) is 4.43 Å². The Labute approximate surface area is 215 Å². The Morgan fingerprint density at radius 3 is 1.66 bits per heavy atom. The van der Waals surface area contributed by atoms with Gasteiger partial charge in [0.15, 0.2) is 0 Å². The molecule has 2 aromatic rings. The highest BCUT2D eigenvalue weighted by molar-refractivity contribution is 6.99. The number of halogens is 4. The van der Waals surface area contributed by atoms with E-state index in [1.807, 2.05) is 12.1 Å². The van der Waals surface area contributed by atoms with Crippen LogP contribution in [0.4, 0.5) is 0 Å². The van der Waals surface area contributed by atoms with Gasteiger partial charge in [0.1, 0.15) is 0 Å². The van der Waals surface area contributed by atoms with E-state index >= 15 is 0 Å². The van der Waals surface area contributed by atoms with Crippen molar-refractivity contribution in [2.45, 2.75) is 79.9 Å². The number of rotatable bonds is 12. The molecule has 6 heteroatoms. The summed E-state index contributed by atoms with van der Waals surface area (Å²) in [5.41, 5.74) is 0. The lowest BCUT2D eigenvalue weighted by Crippen LogP contribution is -2.67. The van der Waals surface area contributed by atoms with Gasteiger partial charge in [0.25, 0.3) is 8.32 Å². The fraction of sp³-hybridized carbons (Fsp3) is 0.538. The first-order chi connectivity index (χ1) is 15.1. The van der Waals surface area contributed by atoms with Crippen molar-refractivity contribution < 1.29 is 4.43 Å². The van der Waals surface area contributed by atoms with Crippen molar-refractivity contribution in [1.29, 1.82) is 0 Å². The summed E-state index contributed by atoms with van der Waals surface area (Å²) in [6.07, 6.45) is 4.17. The molecule has 0 aliphatic carbocycles. The highest BCUT2D eigenvalue weighted by atomic mass is 35.5. The van der Waals surface area contributed by atoms with Gasteiger partial charge < -0.3 is 4.43 Å². The van der Waals surface area contributed by atoms with Crippen LogP contribution in [-0.4, -0.2) is 36.4 Å². The monoisotopic (exact) mass is 532 g/mol. The lowest BCUT2D eigenvalue weighted by atomic mass is 10.1. The Bertz CT molecular complexity index is 742. The summed E-state index contributed by atoms with van der Waals surface area (Å²) in [4.78, 5) is 0. The lowest BCUT2D eigenvalue weighted by Gasteiger charge is -2.43. The van der Waals surface area contributed by atoms with Crippen LogP contribution in [0.3, 0.4) is 0 Å². The van der Waals surface area contributed by atoms with Crippen LogP contribution in [0.5, 0.6) is 0 Å². The zero-order valence-corrected chi connectivity index (χ0v) is 23.6. The third kappa shape index (κ3) is 6.90. The van der Waals surface area contributed by atoms with Gasteiger partial charge >= 0.3 is 0 Å². The van der Waals surface area contributed by atoms with Gasteiger partial charge in [-0.05, 0) is 21.8 Å². The average molecular weight is 534 g/mol. The smallest absolute Gasteiger partial charge is 0.261 e. The molecule has 32 heavy (non-hydrogen) atoms. The third-order valence-electron chi connectivity index (χ3n) is 5.95. The van der Waals surface area contributed by atoms with Gasteiger partial charge in [-0.2, -0.15) is 0 Å². The Hall–Kier alpha value is -0.223. The average Bonchev–Trinajstić information content (AvgIpc) is 2.79. The van der Waals surface area contributed by atoms with E-state index < -0.39 is 24.4 Å². The van der Waals surface area contributed by atoms with Crippen LogP contribution in [0, 0.1) is 0 Å². The molecular weight excluding hydrogens is 498 g/mol. The molecule has 0 aliphatic heterocycles. The summed E-state index contributed by atoms with van der Waals surface area (Å²) < 4.78 is 6.90. The van der Waals surface area contributed by atoms with Gasteiger partial charge in [0.2, 0.25) is 0 Å². The Balaban J connectivity index is 2.27. The fourth-order valence-corrected chi connectivity index (χ4v) is 10.1. The molecule has 0 aliphatic rings. The molecule has 0 bridgehead atoms. The quantitative estimate of drug-likeness (QED) is 0.155. The molecule has 0 unspecified atom stereocenters. The fourth-order valence-electron chi connectivity index (χ4n) is 4.21. The third-order valence-corrected chi connectivity index (χ3v) is 13.4. The summed E-state index contributed by atoms with van der Waals surface area (Å²) in [6, 6.07) is 21.0. The molecule has 0 radical (unpaired) electrons. The normalized spacial score (nSPS) is 16.4. The molecule has 0 N–H and O–H groups in total. The van der Waals surface area contributed by atoms with E-state index in [0.29, 0.717) is 6.61 Å². The highest BCUT2D eigenvalue weighted by Crippen LogP contribution is 2.37. The molecule has 0 amide bonds. The molecule has 0 saturated heterocycles. The predicted octanol–water partition coefficient (Wildman–Crippen LogP) is 7.57. The zero-order valence-electron chi connectivity index (χ0n) is 19.5. The van der Waals surface area contributed by atoms with Crippen molar-refractivity contribution in [2.24, 2.45) is 0 Å². The van der Waals surface area contributed by atoms with E-state index in [9.17, 15) is 0 Å². The summed E-state index contributed by atoms with van der Waals surface area (Å²) in [6.45, 7) is 9.21. The molecule has 0 spiro atoms. The minimum Gasteiger partial charge on any atom is -0.406 e. The molecule has 1 nitrogen and oxygen atoms in total. The maximum atomic E-state index is 6.90. The Morgan fingerprint density at radius 2 is 1.22 bits per heavy atom. The van der Waals surface area contributed by atoms with Crippen LogP contribution < -0.4 is 10.4 Å². The lowest BCUT2D eigenvalue weighted by molar-refractivity contribution is 0.291. The van der Waals surface area contributed by atoms with Crippen molar-refractivity contribution in [3.05, 3.63) is 60.7 Å². The molecule has 0 heterocycles. The van der Waals surface area contributed by atoms with E-state index in [2.05, 4.69) is 76.2 Å². The van der Waals surface area contributed by atoms with Gasteiger partial charge in [0, 0.05) is 0 Å². The van der Waals surface area contributed by atoms with Gasteiger partial charge in [0.05, 0.1) is 28.1 Å². The molecule has 178 valence electrons. The van der Waals surface area contributed by atoms with E-state index in [1.165, 1.54) is 10.4 Å². The molecule has 0 aromatic heterocycles. The standard InChI is InChI=1S/C26H36Cl4OSi/c1-5-6-9-18-22(27)24(29)25(30)23(28)19-31-32(26(2,3)4,20-14-10-7-11-15-20)21-16-12-8-13-17-21/h7-8,10-17,22-25H,5-6,9,18-19H2,1-4H3/t22-,23+,24+,25-/m1/s1. The van der Waals surface area contributed by atoms with E-state index in [4.69, 9.17) is 50.8 Å². The molecule has 2 aromatic carbocycles. The van der Waals surface area contributed by atoms with Crippen molar-refractivity contribution >= 4 is 65.1 Å². The number of hydrogen-bond acceptors (Lipinski definition) is 1. The zero-order chi connectivity index (χ0) is 23.8. The number of benzene rings is 2. The van der Waals surface area contributed by atoms with Crippen LogP contribution in [0.25, 0.3) is 0 Å². The Morgan fingerprint density at radius 1 is 0.750 bits per heavy atom. The summed E-state index contributed by atoms with van der Waals surface area (Å²) in [5, 5.41) is 0.745. The Kier molecular flexibility index (Phi) is 11.4. The summed E-state index contributed by atoms with van der Waals surface area (Å²) in [7, 11) is -2.66. The van der Waals surface area contributed by atoms with Gasteiger partial charge in [-0.15, -0.1) is 46.4 Å². The second-order valence-corrected chi connectivity index (χ2v) is 15.8. The largest absolute Gasteiger partial charge is 0.406 e. The second-order valence-electron chi connectivity index (χ2n) is 9.39. The van der Waals surface area contributed by atoms with E-state index in [0.717, 1.165) is 25.7 Å². The van der Waals surface area contributed by atoms with Crippen molar-refractivity contribution in [3.63, 3.8) is 0 Å². The maximum absolute atomic E-state index is 6.90. The predicted molar refractivity (Wildman–Crippen MR) is 146 cm³/mol. The molecule has 4 atom stereocenters. The topological polar surface area (TPSA) is 9.23 Å². The second kappa shape index (κ2) is 13.0. The van der Waals surface area contributed by atoms with Gasteiger partial charge in [-0.25, -0.2) is 0 Å². The summed E-state index contributed by atoms with van der Waals surface area (Å²) in [5.74, 6) is 0. The maximum Gasteiger partial charge on any atom is 0.261 e. The minimum atomic E-state index is -2.66. The first-order valence-electron chi connectivity index (χ1n) is 11.5. The van der Waals surface area contributed by atoms with Crippen molar-refractivity contribution in [2.75, 3.05) is 6.61 Å². The van der Waals surface area contributed by atoms with E-state index in [1.54, 1.807) is 0 Å². The number of hydrogen-bond donors (Lipinski definition) is 0. The molecule has 2 rings (SSSR count). The van der Waals surface area contributed by atoms with Crippen LogP contribution in [0.2, 0.25) is 5.04 Å². The van der Waals surface area contributed by atoms with Crippen molar-refractivity contribution in [1.82, 2.24) is 0 Å². The van der Waals surface area contributed by atoms with Crippen molar-refractivity contribution in [3.8, 4) is 0 Å². The molecular formula is C26H36Cl4OSi. The number of unbranched alkanes of at least 4 members (excludes halogenated alkanes) is 2. The van der Waals surface area contributed by atoms with Crippen LogP contribution >= 0.6 is 46.4 Å². The first kappa shape index (κ1) is 28.0. The van der Waals surface area contributed by atoms with Crippen LogP contribution in [0.15, 0.2) is 60.7 Å². The van der Waals surface area contributed by atoms with E-state index in [-0.39, 0.29) is 10.4 Å². The SMILES string of the molecule is CCCCC[C@@H](Cl)[C@H](Cl)[C@H](Cl)[C@@H](Cl)CO[Si](c1ccccc1)(c1ccccc1)C(C)(C)C. The first-order valence-corrected chi connectivity index (χ1v) is 15.1. The molecule has 0 saturated carbocycles. The highest BCUT2D eigenvalue weighted by Gasteiger charge is 2.50. The van der Waals surface area contributed by atoms with Gasteiger partial charge in [-0.3, -0.25) is 0 Å². The summed E-state index contributed by atoms with van der Waals surface area (Å²) >= 11 is 26.7. The van der Waals surface area contributed by atoms with Crippen LogP contribution in [0.1, 0.15) is 53.4 Å².